The zero-order chi connectivity index (χ0) is 13.7. The Balaban J connectivity index is 2.14. The van der Waals surface area contributed by atoms with Crippen LogP contribution in [0.4, 0.5) is 0 Å². The number of carboxylic acid groups (broad SMARTS) is 1. The zero-order valence-corrected chi connectivity index (χ0v) is 10.2. The highest BCUT2D eigenvalue weighted by Gasteiger charge is 2.13. The van der Waals surface area contributed by atoms with Gasteiger partial charge in [0.05, 0.1) is 0 Å². The van der Waals surface area contributed by atoms with Crippen LogP contribution in [0.5, 0.6) is 0 Å². The lowest BCUT2D eigenvalue weighted by atomic mass is 10.1. The average molecular weight is 255 g/mol. The maximum Gasteiger partial charge on any atom is 0.352 e. The molecule has 2 rings (SSSR count). The fraction of sp³-hybridized carbons (Fsp3) is 0.0667. The molecular formula is C15H13NO3. The molecule has 1 aliphatic carbocycles. The van der Waals surface area contributed by atoms with Gasteiger partial charge >= 0.3 is 5.97 Å². The van der Waals surface area contributed by atoms with E-state index in [0.29, 0.717) is 12.0 Å². The van der Waals surface area contributed by atoms with E-state index in [1.54, 1.807) is 30.3 Å². The molecule has 19 heavy (non-hydrogen) atoms. The van der Waals surface area contributed by atoms with Gasteiger partial charge in [0, 0.05) is 5.56 Å². The number of amides is 1. The topological polar surface area (TPSA) is 66.4 Å². The second-order valence-electron chi connectivity index (χ2n) is 4.06. The number of carboxylic acids is 1. The van der Waals surface area contributed by atoms with Crippen LogP contribution in [0.25, 0.3) is 0 Å². The lowest BCUT2D eigenvalue weighted by molar-refractivity contribution is -0.133. The number of benzene rings is 1. The molecule has 4 heteroatoms. The van der Waals surface area contributed by atoms with Gasteiger partial charge in [0.25, 0.3) is 5.91 Å². The maximum atomic E-state index is 11.9. The van der Waals surface area contributed by atoms with Crippen molar-refractivity contribution in [1.29, 1.82) is 0 Å². The number of allylic oxidation sites excluding steroid dienone is 5. The van der Waals surface area contributed by atoms with Crippen LogP contribution in [0.1, 0.15) is 16.8 Å². The van der Waals surface area contributed by atoms with Crippen LogP contribution in [0.15, 0.2) is 65.9 Å². The molecule has 0 unspecified atom stereocenters. The van der Waals surface area contributed by atoms with Crippen molar-refractivity contribution in [2.45, 2.75) is 6.42 Å². The Morgan fingerprint density at radius 3 is 2.53 bits per heavy atom. The number of carbonyl (C=O) groups excluding carboxylic acids is 1. The molecule has 4 nitrogen and oxygen atoms in total. The van der Waals surface area contributed by atoms with Crippen molar-refractivity contribution in [2.24, 2.45) is 0 Å². The van der Waals surface area contributed by atoms with Crippen LogP contribution >= 0.6 is 0 Å². The number of hydrogen-bond acceptors (Lipinski definition) is 2. The Hall–Kier alpha value is -2.62. The molecule has 0 heterocycles. The molecule has 0 radical (unpaired) electrons. The standard InChI is InChI=1S/C15H13NO3/c17-14(12-8-2-1-3-9-12)16-13(15(18)19)10-11-6-4-5-7-11/h1-6,8-10H,7H2,(H,16,17)(H,18,19)/b13-10+. The van der Waals surface area contributed by atoms with Crippen LogP contribution in [0, 0.1) is 0 Å². The average Bonchev–Trinajstić information content (AvgIpc) is 2.91. The molecule has 2 N–H and O–H groups in total. The third kappa shape index (κ3) is 3.42. The van der Waals surface area contributed by atoms with Gasteiger partial charge in [0.1, 0.15) is 5.70 Å². The predicted molar refractivity (Wildman–Crippen MR) is 71.5 cm³/mol. The summed E-state index contributed by atoms with van der Waals surface area (Å²) in [6, 6.07) is 8.50. The van der Waals surface area contributed by atoms with E-state index in [0.717, 1.165) is 5.57 Å². The molecule has 0 aromatic heterocycles. The van der Waals surface area contributed by atoms with Crippen molar-refractivity contribution >= 4 is 11.9 Å². The van der Waals surface area contributed by atoms with Gasteiger partial charge in [-0.25, -0.2) is 4.79 Å². The molecule has 1 aromatic rings. The minimum atomic E-state index is -1.16. The van der Waals surface area contributed by atoms with Crippen LogP contribution in [-0.2, 0) is 4.79 Å². The third-order valence-corrected chi connectivity index (χ3v) is 2.64. The first-order valence-electron chi connectivity index (χ1n) is 5.84. The molecule has 0 saturated heterocycles. The largest absolute Gasteiger partial charge is 0.477 e. The molecule has 0 spiro atoms. The summed E-state index contributed by atoms with van der Waals surface area (Å²) in [5.74, 6) is -1.59. The molecule has 1 amide bonds. The highest BCUT2D eigenvalue weighted by atomic mass is 16.4. The SMILES string of the molecule is O=C(O)/C(=C\C1=CC=CC1)NC(=O)c1ccccc1. The fourth-order valence-electron chi connectivity index (χ4n) is 1.69. The monoisotopic (exact) mass is 255 g/mol. The van der Waals surface area contributed by atoms with Gasteiger partial charge in [-0.2, -0.15) is 0 Å². The number of aliphatic carboxylic acids is 1. The Morgan fingerprint density at radius 2 is 1.95 bits per heavy atom. The summed E-state index contributed by atoms with van der Waals surface area (Å²) in [6.45, 7) is 0. The Morgan fingerprint density at radius 1 is 1.21 bits per heavy atom. The molecule has 0 saturated carbocycles. The molecule has 1 aromatic carbocycles. The second kappa shape index (κ2) is 5.82. The van der Waals surface area contributed by atoms with Crippen molar-refractivity contribution in [2.75, 3.05) is 0 Å². The number of hydrogen-bond donors (Lipinski definition) is 2. The van der Waals surface area contributed by atoms with Crippen LogP contribution < -0.4 is 5.32 Å². The van der Waals surface area contributed by atoms with E-state index in [4.69, 9.17) is 5.11 Å². The van der Waals surface area contributed by atoms with E-state index in [1.165, 1.54) is 6.08 Å². The van der Waals surface area contributed by atoms with Gasteiger partial charge in [0.15, 0.2) is 0 Å². The normalized spacial score (nSPS) is 14.1. The van der Waals surface area contributed by atoms with Crippen LogP contribution in [0.3, 0.4) is 0 Å². The number of nitrogens with one attached hydrogen (secondary N) is 1. The van der Waals surface area contributed by atoms with E-state index < -0.39 is 11.9 Å². The van der Waals surface area contributed by atoms with E-state index >= 15 is 0 Å². The highest BCUT2D eigenvalue weighted by molar-refractivity contribution is 6.00. The Labute approximate surface area is 110 Å². The third-order valence-electron chi connectivity index (χ3n) is 2.64. The summed E-state index contributed by atoms with van der Waals surface area (Å²) in [4.78, 5) is 23.0. The predicted octanol–water partition coefficient (Wildman–Crippen LogP) is 2.27. The van der Waals surface area contributed by atoms with Crippen molar-refractivity contribution in [3.8, 4) is 0 Å². The first kappa shape index (κ1) is 12.8. The molecular weight excluding hydrogens is 242 g/mol. The quantitative estimate of drug-likeness (QED) is 0.811. The molecule has 0 fully saturated rings. The minimum Gasteiger partial charge on any atom is -0.477 e. The van der Waals surface area contributed by atoms with Gasteiger partial charge in [-0.05, 0) is 30.2 Å². The van der Waals surface area contributed by atoms with Crippen molar-refractivity contribution in [1.82, 2.24) is 5.32 Å². The van der Waals surface area contributed by atoms with E-state index in [9.17, 15) is 9.59 Å². The maximum absolute atomic E-state index is 11.9. The van der Waals surface area contributed by atoms with Gasteiger partial charge in [-0.1, -0.05) is 36.4 Å². The first-order valence-corrected chi connectivity index (χ1v) is 5.84. The summed E-state index contributed by atoms with van der Waals surface area (Å²) in [7, 11) is 0. The Kier molecular flexibility index (Phi) is 3.93. The number of carbonyl (C=O) groups is 2. The smallest absolute Gasteiger partial charge is 0.352 e. The summed E-state index contributed by atoms with van der Waals surface area (Å²) in [6.07, 6.45) is 7.74. The number of rotatable bonds is 4. The van der Waals surface area contributed by atoms with E-state index in [1.807, 2.05) is 18.2 Å². The highest BCUT2D eigenvalue weighted by Crippen LogP contribution is 2.13. The van der Waals surface area contributed by atoms with Crippen LogP contribution in [-0.4, -0.2) is 17.0 Å². The summed E-state index contributed by atoms with van der Waals surface area (Å²) in [5.41, 5.74) is 1.16. The summed E-state index contributed by atoms with van der Waals surface area (Å²) >= 11 is 0. The molecule has 1 aliphatic rings. The lowest BCUT2D eigenvalue weighted by Gasteiger charge is -2.06. The second-order valence-corrected chi connectivity index (χ2v) is 4.06. The van der Waals surface area contributed by atoms with Gasteiger partial charge in [-0.3, -0.25) is 4.79 Å². The lowest BCUT2D eigenvalue weighted by Crippen LogP contribution is -2.27. The first-order chi connectivity index (χ1) is 9.16. The van der Waals surface area contributed by atoms with Gasteiger partial charge in [-0.15, -0.1) is 0 Å². The summed E-state index contributed by atoms with van der Waals surface area (Å²) in [5, 5.41) is 11.5. The van der Waals surface area contributed by atoms with E-state index in [2.05, 4.69) is 5.32 Å². The molecule has 0 bridgehead atoms. The van der Waals surface area contributed by atoms with Crippen molar-refractivity contribution in [3.63, 3.8) is 0 Å². The summed E-state index contributed by atoms with van der Waals surface area (Å²) < 4.78 is 0. The fourth-order valence-corrected chi connectivity index (χ4v) is 1.69. The van der Waals surface area contributed by atoms with Crippen molar-refractivity contribution < 1.29 is 14.7 Å². The molecule has 0 aliphatic heterocycles. The van der Waals surface area contributed by atoms with Gasteiger partial charge in [0.2, 0.25) is 0 Å². The molecule has 96 valence electrons. The van der Waals surface area contributed by atoms with Crippen molar-refractivity contribution in [3.05, 3.63) is 71.5 Å². The van der Waals surface area contributed by atoms with E-state index in [-0.39, 0.29) is 5.70 Å². The van der Waals surface area contributed by atoms with Gasteiger partial charge < -0.3 is 10.4 Å². The minimum absolute atomic E-state index is 0.121. The Bertz CT molecular complexity index is 583. The zero-order valence-electron chi connectivity index (χ0n) is 10.2. The van der Waals surface area contributed by atoms with Crippen LogP contribution in [0.2, 0.25) is 0 Å². The molecule has 0 atom stereocenters.